The van der Waals surface area contributed by atoms with Crippen LogP contribution in [0.15, 0.2) is 18.2 Å². The molecule has 3 unspecified atom stereocenters. The molecule has 3 atom stereocenters. The lowest BCUT2D eigenvalue weighted by Crippen LogP contribution is -2.52. The van der Waals surface area contributed by atoms with Crippen LogP contribution in [0, 0.1) is 23.0 Å². The molecule has 2 N–H and O–H groups in total. The van der Waals surface area contributed by atoms with E-state index in [9.17, 15) is 23.8 Å². The molecule has 1 aliphatic rings. The minimum absolute atomic E-state index is 0.0635. The molecule has 0 spiro atoms. The van der Waals surface area contributed by atoms with Crippen molar-refractivity contribution in [3.05, 3.63) is 35.4 Å². The average Bonchev–Trinajstić information content (AvgIpc) is 2.47. The number of piperidine rings is 1. The number of nitrogens with zero attached hydrogens (tertiary/aromatic N) is 1. The highest BCUT2D eigenvalue weighted by atomic mass is 19.1. The van der Waals surface area contributed by atoms with Crippen LogP contribution in [-0.2, 0) is 0 Å². The summed E-state index contributed by atoms with van der Waals surface area (Å²) >= 11 is 0. The monoisotopic (exact) mass is 327 g/mol. The molecular formula is C17H23F2NO3. The van der Waals surface area contributed by atoms with Gasteiger partial charge in [-0.25, -0.2) is 13.6 Å². The first-order chi connectivity index (χ1) is 10.6. The molecule has 0 bridgehead atoms. The lowest BCUT2D eigenvalue weighted by molar-refractivity contribution is -0.00194. The molecule has 23 heavy (non-hydrogen) atoms. The SMILES string of the molecule is CC(C)(C)C1CC(C(O)c2cc(F)ccc2F)CCN1C(=O)O. The molecule has 128 valence electrons. The third kappa shape index (κ3) is 3.80. The van der Waals surface area contributed by atoms with Crippen molar-refractivity contribution in [2.75, 3.05) is 6.54 Å². The zero-order valence-corrected chi connectivity index (χ0v) is 13.6. The van der Waals surface area contributed by atoms with Crippen molar-refractivity contribution in [3.8, 4) is 0 Å². The number of carbonyl (C=O) groups is 1. The van der Waals surface area contributed by atoms with E-state index in [-0.39, 0.29) is 29.5 Å². The van der Waals surface area contributed by atoms with Crippen LogP contribution in [0.5, 0.6) is 0 Å². The Labute approximate surface area is 134 Å². The number of benzene rings is 1. The molecule has 1 aromatic rings. The van der Waals surface area contributed by atoms with E-state index in [4.69, 9.17) is 0 Å². The molecule has 1 saturated heterocycles. The third-order valence-corrected chi connectivity index (χ3v) is 4.61. The Morgan fingerprint density at radius 2 is 2.00 bits per heavy atom. The number of halogens is 2. The number of aliphatic hydroxyl groups excluding tert-OH is 1. The summed E-state index contributed by atoms with van der Waals surface area (Å²) in [6.07, 6.45) is -1.32. The maximum absolute atomic E-state index is 13.9. The predicted molar refractivity (Wildman–Crippen MR) is 82.0 cm³/mol. The molecule has 4 nitrogen and oxygen atoms in total. The molecule has 0 radical (unpaired) electrons. The van der Waals surface area contributed by atoms with E-state index in [1.54, 1.807) is 0 Å². The van der Waals surface area contributed by atoms with Gasteiger partial charge < -0.3 is 15.1 Å². The molecule has 2 rings (SSSR count). The van der Waals surface area contributed by atoms with Crippen LogP contribution >= 0.6 is 0 Å². The molecule has 0 aliphatic carbocycles. The molecule has 6 heteroatoms. The second-order valence-electron chi connectivity index (χ2n) is 7.25. The molecule has 0 aromatic heterocycles. The van der Waals surface area contributed by atoms with Crippen molar-refractivity contribution < 1.29 is 23.8 Å². The van der Waals surface area contributed by atoms with Gasteiger partial charge in [-0.1, -0.05) is 20.8 Å². The highest BCUT2D eigenvalue weighted by Gasteiger charge is 2.41. The number of hydrogen-bond donors (Lipinski definition) is 2. The van der Waals surface area contributed by atoms with Crippen LogP contribution in [-0.4, -0.2) is 33.8 Å². The van der Waals surface area contributed by atoms with Crippen molar-refractivity contribution in [2.45, 2.75) is 45.8 Å². The molecule has 1 aliphatic heterocycles. The van der Waals surface area contributed by atoms with Gasteiger partial charge in [-0.2, -0.15) is 0 Å². The van der Waals surface area contributed by atoms with Crippen LogP contribution in [0.25, 0.3) is 0 Å². The van der Waals surface area contributed by atoms with Crippen LogP contribution < -0.4 is 0 Å². The largest absolute Gasteiger partial charge is 0.465 e. The fraction of sp³-hybridized carbons (Fsp3) is 0.588. The Bertz CT molecular complexity index is 586. The van der Waals surface area contributed by atoms with Crippen LogP contribution in [0.1, 0.15) is 45.3 Å². The third-order valence-electron chi connectivity index (χ3n) is 4.61. The smallest absolute Gasteiger partial charge is 0.407 e. The summed E-state index contributed by atoms with van der Waals surface area (Å²) in [5.41, 5.74) is -0.372. The van der Waals surface area contributed by atoms with Gasteiger partial charge in [0.25, 0.3) is 0 Å². The highest BCUT2D eigenvalue weighted by molar-refractivity contribution is 5.65. The van der Waals surface area contributed by atoms with Gasteiger partial charge in [0.2, 0.25) is 0 Å². The highest BCUT2D eigenvalue weighted by Crippen LogP contribution is 2.40. The van der Waals surface area contributed by atoms with E-state index in [1.165, 1.54) is 4.90 Å². The zero-order chi connectivity index (χ0) is 17.4. The van der Waals surface area contributed by atoms with Gasteiger partial charge in [0.15, 0.2) is 0 Å². The predicted octanol–water partition coefficient (Wildman–Crippen LogP) is 3.80. The summed E-state index contributed by atoms with van der Waals surface area (Å²) in [6.45, 7) is 6.08. The lowest BCUT2D eigenvalue weighted by atomic mass is 9.74. The Morgan fingerprint density at radius 3 is 2.57 bits per heavy atom. The van der Waals surface area contributed by atoms with Crippen molar-refractivity contribution in [1.29, 1.82) is 0 Å². The van der Waals surface area contributed by atoms with Crippen molar-refractivity contribution in [3.63, 3.8) is 0 Å². The molecule has 1 fully saturated rings. The summed E-state index contributed by atoms with van der Waals surface area (Å²) in [5.74, 6) is -1.56. The topological polar surface area (TPSA) is 60.8 Å². The second-order valence-corrected chi connectivity index (χ2v) is 7.25. The molecule has 1 aromatic carbocycles. The summed E-state index contributed by atoms with van der Waals surface area (Å²) in [4.78, 5) is 12.8. The van der Waals surface area contributed by atoms with E-state index < -0.39 is 23.8 Å². The summed E-state index contributed by atoms with van der Waals surface area (Å²) < 4.78 is 27.2. The fourth-order valence-electron chi connectivity index (χ4n) is 3.32. The maximum Gasteiger partial charge on any atom is 0.407 e. The quantitative estimate of drug-likeness (QED) is 0.868. The van der Waals surface area contributed by atoms with Gasteiger partial charge in [0.1, 0.15) is 11.6 Å². The Balaban J connectivity index is 2.24. The number of hydrogen-bond acceptors (Lipinski definition) is 2. The van der Waals surface area contributed by atoms with Crippen LogP contribution in [0.3, 0.4) is 0 Å². The molecular weight excluding hydrogens is 304 g/mol. The van der Waals surface area contributed by atoms with Gasteiger partial charge in [0, 0.05) is 18.2 Å². The van der Waals surface area contributed by atoms with Gasteiger partial charge in [-0.05, 0) is 42.4 Å². The van der Waals surface area contributed by atoms with Crippen molar-refractivity contribution >= 4 is 6.09 Å². The Hall–Kier alpha value is -1.69. The Kier molecular flexibility index (Phi) is 4.94. The van der Waals surface area contributed by atoms with E-state index >= 15 is 0 Å². The molecule has 1 heterocycles. The van der Waals surface area contributed by atoms with Gasteiger partial charge in [0.05, 0.1) is 6.10 Å². The summed E-state index contributed by atoms with van der Waals surface area (Å²) in [7, 11) is 0. The first-order valence-electron chi connectivity index (χ1n) is 7.74. The van der Waals surface area contributed by atoms with Crippen molar-refractivity contribution in [2.24, 2.45) is 11.3 Å². The number of likely N-dealkylation sites (tertiary alicyclic amines) is 1. The minimum Gasteiger partial charge on any atom is -0.465 e. The first kappa shape index (κ1) is 17.7. The van der Waals surface area contributed by atoms with Gasteiger partial charge in [-0.3, -0.25) is 0 Å². The van der Waals surface area contributed by atoms with Crippen molar-refractivity contribution in [1.82, 2.24) is 4.90 Å². The van der Waals surface area contributed by atoms with E-state index in [0.717, 1.165) is 18.2 Å². The average molecular weight is 327 g/mol. The normalized spacial score (nSPS) is 23.7. The first-order valence-corrected chi connectivity index (χ1v) is 7.74. The van der Waals surface area contributed by atoms with E-state index in [1.807, 2.05) is 20.8 Å². The van der Waals surface area contributed by atoms with E-state index in [2.05, 4.69) is 0 Å². The minimum atomic E-state index is -1.15. The number of amides is 1. The van der Waals surface area contributed by atoms with E-state index in [0.29, 0.717) is 12.8 Å². The maximum atomic E-state index is 13.9. The van der Waals surface area contributed by atoms with Gasteiger partial charge >= 0.3 is 6.09 Å². The molecule has 0 saturated carbocycles. The standard InChI is InChI=1S/C17H23F2NO3/c1-17(2,3)14-8-10(6-7-20(14)16(22)23)15(21)12-9-11(18)4-5-13(12)19/h4-5,9-10,14-15,21H,6-8H2,1-3H3,(H,22,23). The Morgan fingerprint density at radius 1 is 1.35 bits per heavy atom. The second kappa shape index (κ2) is 6.43. The van der Waals surface area contributed by atoms with Gasteiger partial charge in [-0.15, -0.1) is 0 Å². The molecule has 1 amide bonds. The van der Waals surface area contributed by atoms with Crippen LogP contribution in [0.4, 0.5) is 13.6 Å². The lowest BCUT2D eigenvalue weighted by Gasteiger charge is -2.45. The summed E-state index contributed by atoms with van der Waals surface area (Å²) in [5, 5.41) is 19.8. The zero-order valence-electron chi connectivity index (χ0n) is 13.6. The number of rotatable bonds is 2. The number of carboxylic acid groups (broad SMARTS) is 1. The van der Waals surface area contributed by atoms with Crippen LogP contribution in [0.2, 0.25) is 0 Å². The summed E-state index contributed by atoms with van der Waals surface area (Å²) in [6, 6.07) is 2.73. The fourth-order valence-corrected chi connectivity index (χ4v) is 3.32. The number of aliphatic hydroxyl groups is 1.